The van der Waals surface area contributed by atoms with Gasteiger partial charge in [-0.25, -0.2) is 8.42 Å². The lowest BCUT2D eigenvalue weighted by Crippen LogP contribution is -2.41. The van der Waals surface area contributed by atoms with E-state index in [1.54, 1.807) is 6.07 Å². The number of carbonyl (C=O) groups excluding carboxylic acids is 1. The van der Waals surface area contributed by atoms with Gasteiger partial charge in [-0.15, -0.1) is 4.83 Å². The number of hydrazine groups is 1. The summed E-state index contributed by atoms with van der Waals surface area (Å²) in [6.45, 7) is 4.71. The van der Waals surface area contributed by atoms with Crippen molar-refractivity contribution in [2.45, 2.75) is 25.2 Å². The van der Waals surface area contributed by atoms with Crippen molar-refractivity contribution < 1.29 is 32.2 Å². The lowest BCUT2D eigenvalue weighted by Gasteiger charge is -2.14. The average Bonchev–Trinajstić information content (AvgIpc) is 2.76. The van der Waals surface area contributed by atoms with E-state index in [4.69, 9.17) is 18.9 Å². The predicted molar refractivity (Wildman–Crippen MR) is 115 cm³/mol. The molecule has 0 radical (unpaired) electrons. The summed E-state index contributed by atoms with van der Waals surface area (Å²) < 4.78 is 46.2. The van der Waals surface area contributed by atoms with Crippen molar-refractivity contribution >= 4 is 15.9 Å². The Morgan fingerprint density at radius 2 is 1.52 bits per heavy atom. The number of benzene rings is 2. The Bertz CT molecular complexity index is 1010. The van der Waals surface area contributed by atoms with E-state index >= 15 is 0 Å². The zero-order chi connectivity index (χ0) is 23.0. The Morgan fingerprint density at radius 1 is 0.903 bits per heavy atom. The van der Waals surface area contributed by atoms with Gasteiger partial charge in [0.25, 0.3) is 15.9 Å². The van der Waals surface area contributed by atoms with Crippen molar-refractivity contribution in [3.63, 3.8) is 0 Å². The summed E-state index contributed by atoms with van der Waals surface area (Å²) in [5.41, 5.74) is 2.38. The van der Waals surface area contributed by atoms with Gasteiger partial charge in [-0.3, -0.25) is 10.2 Å². The number of amides is 1. The van der Waals surface area contributed by atoms with Crippen molar-refractivity contribution in [3.05, 3.63) is 42.0 Å². The molecule has 2 N–H and O–H groups in total. The molecule has 0 saturated carbocycles. The topological polar surface area (TPSA) is 112 Å². The Balaban J connectivity index is 2.09. The number of hydrogen-bond donors (Lipinski definition) is 2. The van der Waals surface area contributed by atoms with Gasteiger partial charge in [-0.05, 0) is 42.7 Å². The first-order valence-corrected chi connectivity index (χ1v) is 11.0. The number of ether oxygens (including phenoxy) is 4. The largest absolute Gasteiger partial charge is 0.493 e. The molecular formula is C21H28N2O7S. The second-order valence-corrected chi connectivity index (χ2v) is 8.66. The summed E-state index contributed by atoms with van der Waals surface area (Å²) in [6, 6.07) is 8.69. The van der Waals surface area contributed by atoms with Crippen LogP contribution in [0.1, 0.15) is 30.6 Å². The highest BCUT2D eigenvalue weighted by Crippen LogP contribution is 2.30. The molecule has 0 unspecified atom stereocenters. The molecule has 0 atom stereocenters. The minimum Gasteiger partial charge on any atom is -0.493 e. The molecule has 0 heterocycles. The van der Waals surface area contributed by atoms with Gasteiger partial charge in [0.05, 0.1) is 32.8 Å². The summed E-state index contributed by atoms with van der Waals surface area (Å²) in [7, 11) is 0.266. The van der Waals surface area contributed by atoms with Crippen LogP contribution >= 0.6 is 0 Å². The van der Waals surface area contributed by atoms with E-state index in [1.165, 1.54) is 51.7 Å². The molecule has 0 aliphatic heterocycles. The van der Waals surface area contributed by atoms with E-state index in [-0.39, 0.29) is 16.2 Å². The summed E-state index contributed by atoms with van der Waals surface area (Å²) in [4.78, 5) is 14.4. The average molecular weight is 453 g/mol. The standard InChI is InChI=1S/C21H28N2O7S/c1-14(2)10-11-30-18-8-6-15(12-19(18)28-4)21(24)22-23-31(25,26)16-7-9-17(27-3)20(13-16)29-5/h6-9,12-14,23H,10-11H2,1-5H3,(H,22,24). The Morgan fingerprint density at radius 3 is 2.13 bits per heavy atom. The molecule has 10 heteroatoms. The number of sulfonamides is 1. The molecule has 2 rings (SSSR count). The fourth-order valence-electron chi connectivity index (χ4n) is 2.56. The second kappa shape index (κ2) is 10.9. The third-order valence-electron chi connectivity index (χ3n) is 4.34. The van der Waals surface area contributed by atoms with Crippen molar-refractivity contribution in [3.8, 4) is 23.0 Å². The maximum absolute atomic E-state index is 12.5. The van der Waals surface area contributed by atoms with Crippen molar-refractivity contribution in [2.75, 3.05) is 27.9 Å². The number of carbonyl (C=O) groups is 1. The minimum absolute atomic E-state index is 0.100. The highest BCUT2D eigenvalue weighted by molar-refractivity contribution is 7.89. The van der Waals surface area contributed by atoms with Crippen LogP contribution in [0.25, 0.3) is 0 Å². The monoisotopic (exact) mass is 452 g/mol. The van der Waals surface area contributed by atoms with E-state index in [1.807, 2.05) is 0 Å². The highest BCUT2D eigenvalue weighted by atomic mass is 32.2. The van der Waals surface area contributed by atoms with Crippen LogP contribution in [-0.4, -0.2) is 42.3 Å². The van der Waals surface area contributed by atoms with Crippen LogP contribution in [0, 0.1) is 5.92 Å². The van der Waals surface area contributed by atoms with Crippen molar-refractivity contribution in [2.24, 2.45) is 5.92 Å². The molecule has 0 aliphatic rings. The quantitative estimate of drug-likeness (QED) is 0.504. The van der Waals surface area contributed by atoms with Crippen LogP contribution in [0.15, 0.2) is 41.3 Å². The Hall–Kier alpha value is -2.98. The predicted octanol–water partition coefficient (Wildman–Crippen LogP) is 2.76. The van der Waals surface area contributed by atoms with E-state index < -0.39 is 15.9 Å². The molecule has 1 amide bonds. The SMILES string of the molecule is COc1ccc(S(=O)(=O)NNC(=O)c2ccc(OCCC(C)C)c(OC)c2)cc1OC. The first-order valence-electron chi connectivity index (χ1n) is 9.56. The van der Waals surface area contributed by atoms with Crippen molar-refractivity contribution in [1.82, 2.24) is 10.3 Å². The van der Waals surface area contributed by atoms with Crippen LogP contribution in [0.5, 0.6) is 23.0 Å². The van der Waals surface area contributed by atoms with E-state index in [0.29, 0.717) is 29.8 Å². The van der Waals surface area contributed by atoms with Gasteiger partial charge in [0.1, 0.15) is 0 Å². The summed E-state index contributed by atoms with van der Waals surface area (Å²) in [5.74, 6) is 1.35. The number of rotatable bonds is 11. The van der Waals surface area contributed by atoms with Gasteiger partial charge >= 0.3 is 0 Å². The van der Waals surface area contributed by atoms with Gasteiger partial charge in [0.2, 0.25) is 0 Å². The highest BCUT2D eigenvalue weighted by Gasteiger charge is 2.19. The number of nitrogens with one attached hydrogen (secondary N) is 2. The number of methoxy groups -OCH3 is 3. The Kier molecular flexibility index (Phi) is 8.52. The second-order valence-electron chi connectivity index (χ2n) is 6.97. The van der Waals surface area contributed by atoms with Crippen LogP contribution in [0.3, 0.4) is 0 Å². The van der Waals surface area contributed by atoms with Crippen LogP contribution in [-0.2, 0) is 10.0 Å². The van der Waals surface area contributed by atoms with E-state index in [0.717, 1.165) is 6.42 Å². The fraction of sp³-hybridized carbons (Fsp3) is 0.381. The lowest BCUT2D eigenvalue weighted by molar-refractivity contribution is 0.0944. The summed E-state index contributed by atoms with van der Waals surface area (Å²) in [6.07, 6.45) is 0.878. The van der Waals surface area contributed by atoms with Gasteiger partial charge in [0, 0.05) is 11.6 Å². The molecular weight excluding hydrogens is 424 g/mol. The van der Waals surface area contributed by atoms with Gasteiger partial charge in [-0.2, -0.15) is 0 Å². The maximum atomic E-state index is 12.5. The molecule has 0 aromatic heterocycles. The molecule has 0 aliphatic carbocycles. The van der Waals surface area contributed by atoms with E-state index in [2.05, 4.69) is 24.1 Å². The molecule has 9 nitrogen and oxygen atoms in total. The molecule has 0 bridgehead atoms. The smallest absolute Gasteiger partial charge is 0.266 e. The Labute approximate surface area is 182 Å². The molecule has 2 aromatic carbocycles. The summed E-state index contributed by atoms with van der Waals surface area (Å²) in [5, 5.41) is 0. The van der Waals surface area contributed by atoms with Crippen molar-refractivity contribution in [1.29, 1.82) is 0 Å². The van der Waals surface area contributed by atoms with Crippen LogP contribution < -0.4 is 29.2 Å². The normalized spacial score (nSPS) is 11.2. The zero-order valence-electron chi connectivity index (χ0n) is 18.2. The molecule has 31 heavy (non-hydrogen) atoms. The first kappa shape index (κ1) is 24.3. The molecule has 2 aromatic rings. The van der Waals surface area contributed by atoms with Gasteiger partial charge < -0.3 is 18.9 Å². The number of hydrogen-bond acceptors (Lipinski definition) is 7. The molecule has 0 spiro atoms. The first-order chi connectivity index (χ1) is 14.7. The molecule has 0 fully saturated rings. The van der Waals surface area contributed by atoms with Gasteiger partial charge in [0.15, 0.2) is 23.0 Å². The van der Waals surface area contributed by atoms with Gasteiger partial charge in [-0.1, -0.05) is 13.8 Å². The maximum Gasteiger partial charge on any atom is 0.266 e. The third-order valence-corrected chi connectivity index (χ3v) is 5.59. The fourth-order valence-corrected chi connectivity index (χ4v) is 3.42. The molecule has 0 saturated heterocycles. The zero-order valence-corrected chi connectivity index (χ0v) is 19.0. The third kappa shape index (κ3) is 6.50. The minimum atomic E-state index is -4.04. The van der Waals surface area contributed by atoms with Crippen LogP contribution in [0.2, 0.25) is 0 Å². The lowest BCUT2D eigenvalue weighted by atomic mass is 10.1. The van der Waals surface area contributed by atoms with Crippen LogP contribution in [0.4, 0.5) is 0 Å². The summed E-state index contributed by atoms with van der Waals surface area (Å²) >= 11 is 0. The molecule has 170 valence electrons. The van der Waals surface area contributed by atoms with E-state index in [9.17, 15) is 13.2 Å².